The number of rotatable bonds is 2. The zero-order chi connectivity index (χ0) is 12.1. The topological polar surface area (TPSA) is 61.8 Å². The molecule has 0 spiro atoms. The predicted octanol–water partition coefficient (Wildman–Crippen LogP) is 0.821. The number of carbonyl (C=O) groups is 2. The van der Waals surface area contributed by atoms with Gasteiger partial charge in [-0.1, -0.05) is 6.07 Å². The summed E-state index contributed by atoms with van der Waals surface area (Å²) in [6.45, 7) is 1.34. The minimum Gasteiger partial charge on any atom is -0.334 e. The lowest BCUT2D eigenvalue weighted by atomic mass is 10.4. The maximum Gasteiger partial charge on any atom is 0.329 e. The van der Waals surface area contributed by atoms with Crippen molar-refractivity contribution in [3.63, 3.8) is 0 Å². The van der Waals surface area contributed by atoms with Gasteiger partial charge in [0.2, 0.25) is 0 Å². The lowest BCUT2D eigenvalue weighted by Crippen LogP contribution is -2.39. The Morgan fingerprint density at radius 3 is 2.82 bits per heavy atom. The Labute approximate surface area is 103 Å². The van der Waals surface area contributed by atoms with Gasteiger partial charge in [0, 0.05) is 18.0 Å². The van der Waals surface area contributed by atoms with Gasteiger partial charge in [0.15, 0.2) is 0 Å². The van der Waals surface area contributed by atoms with E-state index >= 15 is 0 Å². The van der Waals surface area contributed by atoms with Crippen molar-refractivity contribution in [3.8, 4) is 0 Å². The molecule has 1 N–H and O–H groups in total. The molecule has 17 heavy (non-hydrogen) atoms. The Kier molecular flexibility index (Phi) is 3.87. The number of nitrogens with one attached hydrogen (secondary N) is 1. The monoisotopic (exact) mass is 251 g/mol. The summed E-state index contributed by atoms with van der Waals surface area (Å²) in [5.74, 6) is -1.16. The summed E-state index contributed by atoms with van der Waals surface area (Å²) >= 11 is 1.51. The molecule has 2 heterocycles. The van der Waals surface area contributed by atoms with E-state index in [1.54, 1.807) is 4.90 Å². The quantitative estimate of drug-likeness (QED) is 0.480. The van der Waals surface area contributed by atoms with Crippen molar-refractivity contribution in [2.24, 2.45) is 5.10 Å². The van der Waals surface area contributed by atoms with Crippen LogP contribution in [-0.4, -0.2) is 36.0 Å². The third-order valence-electron chi connectivity index (χ3n) is 2.49. The van der Waals surface area contributed by atoms with Gasteiger partial charge in [0.1, 0.15) is 0 Å². The number of hydrogen-bond donors (Lipinski definition) is 1. The molecule has 2 rings (SSSR count). The lowest BCUT2D eigenvalue weighted by molar-refractivity contribution is -0.145. The van der Waals surface area contributed by atoms with Crippen LogP contribution in [0.3, 0.4) is 0 Å². The van der Waals surface area contributed by atoms with Gasteiger partial charge in [0.05, 0.1) is 6.21 Å². The van der Waals surface area contributed by atoms with Gasteiger partial charge in [-0.15, -0.1) is 11.3 Å². The van der Waals surface area contributed by atoms with Gasteiger partial charge in [-0.3, -0.25) is 9.59 Å². The summed E-state index contributed by atoms with van der Waals surface area (Å²) in [5, 5.41) is 5.66. The van der Waals surface area contributed by atoms with Gasteiger partial charge in [-0.2, -0.15) is 5.10 Å². The zero-order valence-corrected chi connectivity index (χ0v) is 10.1. The summed E-state index contributed by atoms with van der Waals surface area (Å²) < 4.78 is 0. The molecule has 1 aliphatic rings. The van der Waals surface area contributed by atoms with Crippen molar-refractivity contribution >= 4 is 29.4 Å². The molecule has 90 valence electrons. The Balaban J connectivity index is 1.82. The van der Waals surface area contributed by atoms with Crippen molar-refractivity contribution in [2.75, 3.05) is 13.1 Å². The normalized spacial score (nSPS) is 15.4. The van der Waals surface area contributed by atoms with Crippen LogP contribution >= 0.6 is 11.3 Å². The molecular formula is C11H13N3O2S. The Bertz CT molecular complexity index is 422. The zero-order valence-electron chi connectivity index (χ0n) is 9.26. The first kappa shape index (κ1) is 11.8. The molecule has 0 bridgehead atoms. The number of carbonyl (C=O) groups excluding carboxylic acids is 2. The van der Waals surface area contributed by atoms with Crippen LogP contribution in [0.15, 0.2) is 22.6 Å². The maximum absolute atomic E-state index is 11.6. The number of amides is 2. The van der Waals surface area contributed by atoms with Gasteiger partial charge in [-0.25, -0.2) is 5.43 Å². The van der Waals surface area contributed by atoms with Gasteiger partial charge in [0.25, 0.3) is 0 Å². The SMILES string of the molecule is O=C(NN=Cc1cccs1)C(=O)N1CCCC1. The molecule has 0 aliphatic carbocycles. The molecule has 0 atom stereocenters. The van der Waals surface area contributed by atoms with Crippen LogP contribution in [-0.2, 0) is 9.59 Å². The average molecular weight is 251 g/mol. The van der Waals surface area contributed by atoms with E-state index in [4.69, 9.17) is 0 Å². The second-order valence-electron chi connectivity index (χ2n) is 3.71. The minimum absolute atomic E-state index is 0.495. The highest BCUT2D eigenvalue weighted by Crippen LogP contribution is 2.07. The van der Waals surface area contributed by atoms with Crippen molar-refractivity contribution < 1.29 is 9.59 Å². The van der Waals surface area contributed by atoms with E-state index in [2.05, 4.69) is 10.5 Å². The number of hydrogen-bond acceptors (Lipinski definition) is 4. The predicted molar refractivity (Wildman–Crippen MR) is 65.9 cm³/mol. The molecule has 1 aromatic heterocycles. The second-order valence-corrected chi connectivity index (χ2v) is 4.69. The summed E-state index contributed by atoms with van der Waals surface area (Å²) in [5.41, 5.74) is 2.24. The molecule has 5 nitrogen and oxygen atoms in total. The first-order chi connectivity index (χ1) is 8.27. The number of likely N-dealkylation sites (tertiary alicyclic amines) is 1. The van der Waals surface area contributed by atoms with E-state index in [-0.39, 0.29) is 0 Å². The fraction of sp³-hybridized carbons (Fsp3) is 0.364. The standard InChI is InChI=1S/C11H13N3O2S/c15-10(11(16)14-5-1-2-6-14)13-12-8-9-4-3-7-17-9/h3-4,7-8H,1-2,5-6H2,(H,13,15). The van der Waals surface area contributed by atoms with Gasteiger partial charge in [-0.05, 0) is 24.3 Å². The van der Waals surface area contributed by atoms with E-state index < -0.39 is 11.8 Å². The van der Waals surface area contributed by atoms with Gasteiger partial charge >= 0.3 is 11.8 Å². The van der Waals surface area contributed by atoms with Gasteiger partial charge < -0.3 is 4.90 Å². The summed E-state index contributed by atoms with van der Waals surface area (Å²) in [4.78, 5) is 25.5. The van der Waals surface area contributed by atoms with E-state index in [9.17, 15) is 9.59 Å². The number of nitrogens with zero attached hydrogens (tertiary/aromatic N) is 2. The third kappa shape index (κ3) is 3.13. The van der Waals surface area contributed by atoms with Crippen molar-refractivity contribution in [1.82, 2.24) is 10.3 Å². The Morgan fingerprint density at radius 1 is 1.41 bits per heavy atom. The molecule has 1 aromatic rings. The first-order valence-corrected chi connectivity index (χ1v) is 6.31. The molecule has 1 fully saturated rings. The highest BCUT2D eigenvalue weighted by atomic mass is 32.1. The Morgan fingerprint density at radius 2 is 2.18 bits per heavy atom. The highest BCUT2D eigenvalue weighted by molar-refractivity contribution is 7.11. The second kappa shape index (κ2) is 5.58. The molecule has 6 heteroatoms. The average Bonchev–Trinajstić information content (AvgIpc) is 3.00. The van der Waals surface area contributed by atoms with E-state index in [0.717, 1.165) is 17.7 Å². The molecule has 0 aromatic carbocycles. The molecule has 0 radical (unpaired) electrons. The molecular weight excluding hydrogens is 238 g/mol. The van der Waals surface area contributed by atoms with Crippen molar-refractivity contribution in [1.29, 1.82) is 0 Å². The first-order valence-electron chi connectivity index (χ1n) is 5.43. The lowest BCUT2D eigenvalue weighted by Gasteiger charge is -2.12. The minimum atomic E-state index is -0.667. The number of hydrazone groups is 1. The molecule has 0 saturated carbocycles. The van der Waals surface area contributed by atoms with Crippen LogP contribution in [0.1, 0.15) is 17.7 Å². The van der Waals surface area contributed by atoms with Crippen LogP contribution in [0, 0.1) is 0 Å². The number of thiophene rings is 1. The van der Waals surface area contributed by atoms with Crippen LogP contribution in [0.25, 0.3) is 0 Å². The summed E-state index contributed by atoms with van der Waals surface area (Å²) in [6.07, 6.45) is 3.47. The van der Waals surface area contributed by atoms with Crippen molar-refractivity contribution in [2.45, 2.75) is 12.8 Å². The molecule has 1 aliphatic heterocycles. The van der Waals surface area contributed by atoms with Crippen LogP contribution in [0.5, 0.6) is 0 Å². The van der Waals surface area contributed by atoms with E-state index in [1.165, 1.54) is 17.6 Å². The highest BCUT2D eigenvalue weighted by Gasteiger charge is 2.23. The molecule has 2 amide bonds. The van der Waals surface area contributed by atoms with E-state index in [0.29, 0.717) is 13.1 Å². The molecule has 1 saturated heterocycles. The third-order valence-corrected chi connectivity index (χ3v) is 3.30. The fourth-order valence-electron chi connectivity index (χ4n) is 1.63. The summed E-state index contributed by atoms with van der Waals surface area (Å²) in [7, 11) is 0. The smallest absolute Gasteiger partial charge is 0.329 e. The van der Waals surface area contributed by atoms with E-state index in [1.807, 2.05) is 17.5 Å². The van der Waals surface area contributed by atoms with Crippen LogP contribution < -0.4 is 5.43 Å². The largest absolute Gasteiger partial charge is 0.334 e. The van der Waals surface area contributed by atoms with Crippen molar-refractivity contribution in [3.05, 3.63) is 22.4 Å². The molecule has 0 unspecified atom stereocenters. The summed E-state index contributed by atoms with van der Waals surface area (Å²) in [6, 6.07) is 3.77. The van der Waals surface area contributed by atoms with Crippen LogP contribution in [0.2, 0.25) is 0 Å². The fourth-order valence-corrected chi connectivity index (χ4v) is 2.22. The Hall–Kier alpha value is -1.69. The van der Waals surface area contributed by atoms with Crippen LogP contribution in [0.4, 0.5) is 0 Å². The maximum atomic E-state index is 11.6.